The minimum atomic E-state index is -4.79. The second-order valence-corrected chi connectivity index (χ2v) is 7.37. The average Bonchev–Trinajstić information content (AvgIpc) is 2.72. The molecule has 0 bridgehead atoms. The summed E-state index contributed by atoms with van der Waals surface area (Å²) >= 11 is 5.72. The number of aryl methyl sites for hydroxylation is 1. The van der Waals surface area contributed by atoms with Crippen LogP contribution in [-0.4, -0.2) is 14.1 Å². The number of hydrogen-bond donors (Lipinski definition) is 1. The molecule has 0 fully saturated rings. The van der Waals surface area contributed by atoms with Crippen LogP contribution in [-0.2, 0) is 13.2 Å². The standard InChI is InChI=1S/C21H13ClF4N4O2/c1-29-9-10(2-7-16(29)31)17-18(27)12-4-6-15(21(24,25)26)28-19(12)30(20(17)32)11-3-5-13(22)14(23)8-11/h2-9H,27H2,1H3. The van der Waals surface area contributed by atoms with Crippen LogP contribution in [0.5, 0.6) is 0 Å². The molecular formula is C21H13ClF4N4O2. The van der Waals surface area contributed by atoms with E-state index in [1.807, 2.05) is 0 Å². The van der Waals surface area contributed by atoms with Gasteiger partial charge in [0, 0.05) is 30.3 Å². The maximum Gasteiger partial charge on any atom is 0.433 e. The lowest BCUT2D eigenvalue weighted by atomic mass is 10.0. The molecule has 0 saturated carbocycles. The maximum atomic E-state index is 14.2. The molecule has 32 heavy (non-hydrogen) atoms. The van der Waals surface area contributed by atoms with Gasteiger partial charge in [0.25, 0.3) is 5.56 Å². The minimum Gasteiger partial charge on any atom is -0.397 e. The van der Waals surface area contributed by atoms with Crippen LogP contribution < -0.4 is 16.9 Å². The molecule has 0 unspecified atom stereocenters. The molecule has 4 aromatic rings. The number of anilines is 1. The SMILES string of the molecule is Cn1cc(-c2c(N)c3ccc(C(F)(F)F)nc3n(-c3ccc(Cl)c(F)c3)c2=O)ccc1=O. The summed E-state index contributed by atoms with van der Waals surface area (Å²) in [6, 6.07) is 7.76. The lowest BCUT2D eigenvalue weighted by molar-refractivity contribution is -0.141. The molecule has 0 atom stereocenters. The quantitative estimate of drug-likeness (QED) is 0.452. The Bertz CT molecular complexity index is 1510. The van der Waals surface area contributed by atoms with Crippen LogP contribution in [0.15, 0.2) is 58.3 Å². The van der Waals surface area contributed by atoms with Crippen molar-refractivity contribution >= 4 is 28.3 Å². The van der Waals surface area contributed by atoms with Gasteiger partial charge in [-0.2, -0.15) is 13.2 Å². The predicted octanol–water partition coefficient (Wildman–Crippen LogP) is 4.14. The van der Waals surface area contributed by atoms with E-state index in [9.17, 15) is 27.2 Å². The number of alkyl halides is 3. The highest BCUT2D eigenvalue weighted by Crippen LogP contribution is 2.34. The Hall–Kier alpha value is -3.66. The van der Waals surface area contributed by atoms with E-state index < -0.39 is 28.9 Å². The molecule has 2 N–H and O–H groups in total. The molecule has 0 aliphatic carbocycles. The topological polar surface area (TPSA) is 82.9 Å². The molecule has 11 heteroatoms. The lowest BCUT2D eigenvalue weighted by Crippen LogP contribution is -2.25. The van der Waals surface area contributed by atoms with E-state index in [0.717, 1.165) is 22.8 Å². The first-order chi connectivity index (χ1) is 15.0. The molecule has 0 aliphatic rings. The fraction of sp³-hybridized carbons (Fsp3) is 0.0952. The zero-order chi connectivity index (χ0) is 23.4. The first-order valence-corrected chi connectivity index (χ1v) is 9.41. The van der Waals surface area contributed by atoms with Crippen LogP contribution >= 0.6 is 11.6 Å². The van der Waals surface area contributed by atoms with Crippen LogP contribution in [0.2, 0.25) is 5.02 Å². The number of nitrogens with zero attached hydrogens (tertiary/aromatic N) is 3. The third kappa shape index (κ3) is 3.52. The van der Waals surface area contributed by atoms with Crippen LogP contribution in [0.25, 0.3) is 27.8 Å². The van der Waals surface area contributed by atoms with E-state index >= 15 is 0 Å². The third-order valence-electron chi connectivity index (χ3n) is 4.89. The summed E-state index contributed by atoms with van der Waals surface area (Å²) in [5, 5.41) is -0.194. The Labute approximate surface area is 182 Å². The first-order valence-electron chi connectivity index (χ1n) is 9.04. The average molecular weight is 465 g/mol. The van der Waals surface area contributed by atoms with E-state index in [2.05, 4.69) is 4.98 Å². The van der Waals surface area contributed by atoms with Crippen molar-refractivity contribution < 1.29 is 17.6 Å². The van der Waals surface area contributed by atoms with Gasteiger partial charge in [0.1, 0.15) is 17.2 Å². The van der Waals surface area contributed by atoms with Crippen LogP contribution in [0.3, 0.4) is 0 Å². The highest BCUT2D eigenvalue weighted by Gasteiger charge is 2.33. The largest absolute Gasteiger partial charge is 0.433 e. The van der Waals surface area contributed by atoms with Crippen molar-refractivity contribution in [2.75, 3.05) is 5.73 Å². The smallest absolute Gasteiger partial charge is 0.397 e. The van der Waals surface area contributed by atoms with Crippen LogP contribution in [0.1, 0.15) is 5.69 Å². The number of hydrogen-bond acceptors (Lipinski definition) is 4. The second kappa shape index (κ2) is 7.49. The summed E-state index contributed by atoms with van der Waals surface area (Å²) in [5.41, 5.74) is 3.29. The Morgan fingerprint density at radius 2 is 1.78 bits per heavy atom. The highest BCUT2D eigenvalue weighted by molar-refractivity contribution is 6.30. The van der Waals surface area contributed by atoms with Crippen molar-refractivity contribution in [1.82, 2.24) is 14.1 Å². The normalized spacial score (nSPS) is 11.8. The molecule has 0 saturated heterocycles. The number of halogens is 5. The van der Waals surface area contributed by atoms with E-state index in [1.165, 1.54) is 42.1 Å². The summed E-state index contributed by atoms with van der Waals surface area (Å²) in [6.45, 7) is 0. The first kappa shape index (κ1) is 21.6. The van der Waals surface area contributed by atoms with Gasteiger partial charge in [-0.05, 0) is 36.4 Å². The summed E-state index contributed by atoms with van der Waals surface area (Å²) < 4.78 is 56.1. The number of pyridine rings is 3. The van der Waals surface area contributed by atoms with Gasteiger partial charge in [-0.3, -0.25) is 14.2 Å². The Balaban J connectivity index is 2.18. The molecular weight excluding hydrogens is 452 g/mol. The van der Waals surface area contributed by atoms with E-state index in [-0.39, 0.29) is 38.5 Å². The van der Waals surface area contributed by atoms with Crippen molar-refractivity contribution in [3.8, 4) is 16.8 Å². The molecule has 1 aromatic carbocycles. The fourth-order valence-corrected chi connectivity index (χ4v) is 3.45. The maximum absolute atomic E-state index is 14.2. The molecule has 3 aromatic heterocycles. The van der Waals surface area contributed by atoms with E-state index in [4.69, 9.17) is 17.3 Å². The van der Waals surface area contributed by atoms with Gasteiger partial charge in [-0.1, -0.05) is 11.6 Å². The Kier molecular flexibility index (Phi) is 5.04. The number of aromatic nitrogens is 3. The molecule has 6 nitrogen and oxygen atoms in total. The molecule has 0 amide bonds. The number of nitrogens with two attached hydrogens (primary N) is 1. The second-order valence-electron chi connectivity index (χ2n) is 6.96. The van der Waals surface area contributed by atoms with E-state index in [0.29, 0.717) is 0 Å². The molecule has 3 heterocycles. The van der Waals surface area contributed by atoms with Gasteiger partial charge in [-0.25, -0.2) is 9.37 Å². The fourth-order valence-electron chi connectivity index (χ4n) is 3.33. The monoisotopic (exact) mass is 464 g/mol. The number of nitrogen functional groups attached to an aromatic ring is 1. The van der Waals surface area contributed by atoms with Gasteiger partial charge in [0.2, 0.25) is 5.56 Å². The van der Waals surface area contributed by atoms with Gasteiger partial charge < -0.3 is 10.3 Å². The summed E-state index contributed by atoms with van der Waals surface area (Å²) in [7, 11) is 1.47. The van der Waals surface area contributed by atoms with Crippen molar-refractivity contribution in [3.05, 3.63) is 85.9 Å². The highest BCUT2D eigenvalue weighted by atomic mass is 35.5. The minimum absolute atomic E-state index is 0.0387. The summed E-state index contributed by atoms with van der Waals surface area (Å²) in [5.74, 6) is -0.878. The summed E-state index contributed by atoms with van der Waals surface area (Å²) in [6.07, 6.45) is -3.42. The van der Waals surface area contributed by atoms with Gasteiger partial charge >= 0.3 is 6.18 Å². The number of rotatable bonds is 2. The van der Waals surface area contributed by atoms with Crippen molar-refractivity contribution in [3.63, 3.8) is 0 Å². The predicted molar refractivity (Wildman–Crippen MR) is 112 cm³/mol. The molecule has 0 radical (unpaired) electrons. The van der Waals surface area contributed by atoms with Crippen molar-refractivity contribution in [2.24, 2.45) is 7.05 Å². The van der Waals surface area contributed by atoms with Crippen molar-refractivity contribution in [2.45, 2.75) is 6.18 Å². The van der Waals surface area contributed by atoms with Crippen LogP contribution in [0, 0.1) is 5.82 Å². The zero-order valence-electron chi connectivity index (χ0n) is 16.2. The van der Waals surface area contributed by atoms with Gasteiger partial charge in [-0.15, -0.1) is 0 Å². The number of fused-ring (bicyclic) bond motifs is 1. The van der Waals surface area contributed by atoms with E-state index in [1.54, 1.807) is 0 Å². The third-order valence-corrected chi connectivity index (χ3v) is 5.20. The lowest BCUT2D eigenvalue weighted by Gasteiger charge is -2.17. The molecule has 0 spiro atoms. The summed E-state index contributed by atoms with van der Waals surface area (Å²) in [4.78, 5) is 28.8. The zero-order valence-corrected chi connectivity index (χ0v) is 17.0. The van der Waals surface area contributed by atoms with Crippen molar-refractivity contribution in [1.29, 1.82) is 0 Å². The van der Waals surface area contributed by atoms with Gasteiger partial charge in [0.15, 0.2) is 0 Å². The Morgan fingerprint density at radius 1 is 1.06 bits per heavy atom. The molecule has 4 rings (SSSR count). The van der Waals surface area contributed by atoms with Gasteiger partial charge in [0.05, 0.1) is 22.0 Å². The number of benzene rings is 1. The molecule has 164 valence electrons. The molecule has 0 aliphatic heterocycles. The van der Waals surface area contributed by atoms with Crippen LogP contribution in [0.4, 0.5) is 23.2 Å². The Morgan fingerprint density at radius 3 is 2.41 bits per heavy atom.